The fourth-order valence-electron chi connectivity index (χ4n) is 7.20. The molecule has 1 saturated heterocycles. The van der Waals surface area contributed by atoms with Crippen molar-refractivity contribution in [3.63, 3.8) is 0 Å². The van der Waals surface area contributed by atoms with Crippen LogP contribution in [0.1, 0.15) is 58.8 Å². The van der Waals surface area contributed by atoms with E-state index in [9.17, 15) is 4.79 Å². The Kier molecular flexibility index (Phi) is 3.85. The Balaban J connectivity index is 0.00000144. The molecule has 126 valence electrons. The molecule has 4 saturated carbocycles. The maximum atomic E-state index is 13.3. The van der Waals surface area contributed by atoms with Crippen LogP contribution in [0.3, 0.4) is 0 Å². The van der Waals surface area contributed by atoms with Crippen LogP contribution in [0.4, 0.5) is 0 Å². The van der Waals surface area contributed by atoms with Gasteiger partial charge in [0.1, 0.15) is 0 Å². The molecule has 4 aliphatic carbocycles. The minimum atomic E-state index is -0.00838. The molecule has 22 heavy (non-hydrogen) atoms. The Morgan fingerprint density at radius 1 is 1.09 bits per heavy atom. The summed E-state index contributed by atoms with van der Waals surface area (Å²) in [6.07, 6.45) is 8.71. The van der Waals surface area contributed by atoms with Gasteiger partial charge in [-0.2, -0.15) is 0 Å². The summed E-state index contributed by atoms with van der Waals surface area (Å²) in [4.78, 5) is 15.5. The van der Waals surface area contributed by atoms with E-state index in [1.807, 2.05) is 7.05 Å². The van der Waals surface area contributed by atoms with Crippen molar-refractivity contribution in [2.75, 3.05) is 20.1 Å². The van der Waals surface area contributed by atoms with Crippen molar-refractivity contribution in [2.45, 2.75) is 64.8 Å². The molecule has 4 heteroatoms. The highest BCUT2D eigenvalue weighted by Crippen LogP contribution is 2.69. The van der Waals surface area contributed by atoms with Crippen molar-refractivity contribution in [2.24, 2.45) is 22.2 Å². The quantitative estimate of drug-likeness (QED) is 0.845. The molecule has 4 bridgehead atoms. The number of rotatable bonds is 2. The Morgan fingerprint density at radius 2 is 1.73 bits per heavy atom. The number of likely N-dealkylation sites (N-methyl/N-ethyl adjacent to an activating group) is 1. The first-order chi connectivity index (χ1) is 9.85. The number of likely N-dealkylation sites (tertiary alicyclic amines) is 1. The molecule has 0 spiro atoms. The Labute approximate surface area is 141 Å². The maximum absolute atomic E-state index is 13.3. The van der Waals surface area contributed by atoms with E-state index in [1.54, 1.807) is 0 Å². The van der Waals surface area contributed by atoms with Crippen LogP contribution in [0.15, 0.2) is 0 Å². The number of carbonyl (C=O) groups is 1. The van der Waals surface area contributed by atoms with Gasteiger partial charge in [-0.1, -0.05) is 13.8 Å². The van der Waals surface area contributed by atoms with E-state index < -0.39 is 0 Å². The highest BCUT2D eigenvalue weighted by atomic mass is 35.5. The second-order valence-electron chi connectivity index (χ2n) is 9.44. The van der Waals surface area contributed by atoms with Gasteiger partial charge in [0.25, 0.3) is 0 Å². The first kappa shape index (κ1) is 16.6. The van der Waals surface area contributed by atoms with Gasteiger partial charge in [0.05, 0.1) is 5.41 Å². The standard InChI is InChI=1S/C18H30N2O.ClH/c1-16-6-13-7-17(2,10-16)12-18(8-13,11-16)15(21)20-5-4-14(9-20)19-3;/h13-14,19H,4-12H2,1-3H3;1H. The van der Waals surface area contributed by atoms with Gasteiger partial charge in [0, 0.05) is 19.1 Å². The molecular weight excluding hydrogens is 296 g/mol. The van der Waals surface area contributed by atoms with Gasteiger partial charge < -0.3 is 10.2 Å². The summed E-state index contributed by atoms with van der Waals surface area (Å²) < 4.78 is 0. The maximum Gasteiger partial charge on any atom is 0.228 e. The van der Waals surface area contributed by atoms with Crippen molar-refractivity contribution >= 4 is 18.3 Å². The molecule has 5 aliphatic rings. The molecule has 0 aromatic rings. The van der Waals surface area contributed by atoms with Gasteiger partial charge in [-0.05, 0) is 68.7 Å². The van der Waals surface area contributed by atoms with E-state index in [0.29, 0.717) is 22.8 Å². The van der Waals surface area contributed by atoms with Crippen molar-refractivity contribution in [3.8, 4) is 0 Å². The molecule has 1 heterocycles. The Hall–Kier alpha value is -0.280. The summed E-state index contributed by atoms with van der Waals surface area (Å²) in [5.74, 6) is 1.31. The molecule has 0 radical (unpaired) electrons. The van der Waals surface area contributed by atoms with Gasteiger partial charge in [-0.25, -0.2) is 0 Å². The van der Waals surface area contributed by atoms with Crippen LogP contribution in [-0.2, 0) is 4.79 Å². The highest BCUT2D eigenvalue weighted by Gasteiger charge is 2.63. The number of amides is 1. The average Bonchev–Trinajstić information content (AvgIpc) is 2.81. The topological polar surface area (TPSA) is 32.3 Å². The lowest BCUT2D eigenvalue weighted by molar-refractivity contribution is -0.178. The van der Waals surface area contributed by atoms with Crippen molar-refractivity contribution in [1.29, 1.82) is 0 Å². The number of hydrogen-bond acceptors (Lipinski definition) is 2. The van der Waals surface area contributed by atoms with E-state index in [2.05, 4.69) is 24.1 Å². The van der Waals surface area contributed by atoms with Gasteiger partial charge >= 0.3 is 0 Å². The fourth-order valence-corrected chi connectivity index (χ4v) is 7.20. The molecule has 5 rings (SSSR count). The predicted molar refractivity (Wildman–Crippen MR) is 91.1 cm³/mol. The van der Waals surface area contributed by atoms with E-state index >= 15 is 0 Å². The number of nitrogens with zero attached hydrogens (tertiary/aromatic N) is 1. The normalized spacial score (nSPS) is 49.3. The number of hydrogen-bond donors (Lipinski definition) is 1. The van der Waals surface area contributed by atoms with Crippen LogP contribution in [0.2, 0.25) is 0 Å². The molecule has 5 fully saturated rings. The zero-order valence-electron chi connectivity index (χ0n) is 14.3. The summed E-state index contributed by atoms with van der Waals surface area (Å²) in [6, 6.07) is 0.508. The third-order valence-electron chi connectivity index (χ3n) is 6.96. The summed E-state index contributed by atoms with van der Waals surface area (Å²) in [5.41, 5.74) is 0.865. The van der Waals surface area contributed by atoms with Gasteiger partial charge in [-0.15, -0.1) is 12.4 Å². The van der Waals surface area contributed by atoms with Crippen molar-refractivity contribution < 1.29 is 4.79 Å². The van der Waals surface area contributed by atoms with Crippen molar-refractivity contribution in [1.82, 2.24) is 10.2 Å². The van der Waals surface area contributed by atoms with Crippen LogP contribution in [0.5, 0.6) is 0 Å². The highest BCUT2D eigenvalue weighted by molar-refractivity contribution is 5.85. The fraction of sp³-hybridized carbons (Fsp3) is 0.944. The molecule has 0 aromatic carbocycles. The average molecular weight is 327 g/mol. The third-order valence-corrected chi connectivity index (χ3v) is 6.96. The van der Waals surface area contributed by atoms with Crippen LogP contribution in [0, 0.1) is 22.2 Å². The zero-order chi connectivity index (χ0) is 14.9. The van der Waals surface area contributed by atoms with Gasteiger partial charge in [-0.3, -0.25) is 4.79 Å². The third kappa shape index (κ3) is 2.39. The summed E-state index contributed by atoms with van der Waals surface area (Å²) >= 11 is 0. The number of halogens is 1. The monoisotopic (exact) mass is 326 g/mol. The van der Waals surface area contributed by atoms with E-state index in [1.165, 1.54) is 25.7 Å². The van der Waals surface area contributed by atoms with Gasteiger partial charge in [0.2, 0.25) is 5.91 Å². The lowest BCUT2D eigenvalue weighted by atomic mass is 9.40. The lowest BCUT2D eigenvalue weighted by Gasteiger charge is -2.65. The zero-order valence-corrected chi connectivity index (χ0v) is 15.1. The van der Waals surface area contributed by atoms with Crippen LogP contribution >= 0.6 is 12.4 Å². The second kappa shape index (κ2) is 5.11. The molecule has 1 N–H and O–H groups in total. The smallest absolute Gasteiger partial charge is 0.228 e. The van der Waals surface area contributed by atoms with E-state index in [-0.39, 0.29) is 17.8 Å². The Bertz CT molecular complexity index is 462. The Morgan fingerprint density at radius 3 is 2.23 bits per heavy atom. The van der Waals surface area contributed by atoms with Crippen LogP contribution in [-0.4, -0.2) is 37.0 Å². The minimum Gasteiger partial charge on any atom is -0.341 e. The van der Waals surface area contributed by atoms with Crippen molar-refractivity contribution in [3.05, 3.63) is 0 Å². The van der Waals surface area contributed by atoms with E-state index in [0.717, 1.165) is 38.3 Å². The first-order valence-corrected chi connectivity index (χ1v) is 8.82. The number of carbonyl (C=O) groups excluding carboxylic acids is 1. The predicted octanol–water partition coefficient (Wildman–Crippen LogP) is 3.23. The largest absolute Gasteiger partial charge is 0.341 e. The molecule has 1 aliphatic heterocycles. The second-order valence-corrected chi connectivity index (χ2v) is 9.44. The molecular formula is C18H31ClN2O. The molecule has 3 unspecified atom stereocenters. The lowest BCUT2D eigenvalue weighted by Crippen LogP contribution is -2.60. The number of nitrogens with one attached hydrogen (secondary N) is 1. The summed E-state index contributed by atoms with van der Waals surface area (Å²) in [7, 11) is 2.02. The summed E-state index contributed by atoms with van der Waals surface area (Å²) in [5, 5.41) is 3.34. The minimum absolute atomic E-state index is 0. The molecule has 1 amide bonds. The van der Waals surface area contributed by atoms with Crippen LogP contribution < -0.4 is 5.32 Å². The van der Waals surface area contributed by atoms with Gasteiger partial charge in [0.15, 0.2) is 0 Å². The van der Waals surface area contributed by atoms with Crippen LogP contribution in [0.25, 0.3) is 0 Å². The summed E-state index contributed by atoms with van der Waals surface area (Å²) in [6.45, 7) is 6.80. The van der Waals surface area contributed by atoms with E-state index in [4.69, 9.17) is 0 Å². The first-order valence-electron chi connectivity index (χ1n) is 8.82. The molecule has 3 atom stereocenters. The SMILES string of the molecule is CNC1CCN(C(=O)C23CC4CC(C)(CC(C)(C4)C2)C3)C1.Cl. The molecule has 0 aromatic heterocycles. The molecule has 3 nitrogen and oxygen atoms in total.